The molecule has 0 aliphatic heterocycles. The van der Waals surface area contributed by atoms with Crippen LogP contribution in [0.4, 0.5) is 11.4 Å². The van der Waals surface area contributed by atoms with Crippen LogP contribution in [0.1, 0.15) is 26.5 Å². The molecule has 0 fully saturated rings. The molecule has 136 valence electrons. The summed E-state index contributed by atoms with van der Waals surface area (Å²) in [5.41, 5.74) is 2.18. The van der Waals surface area contributed by atoms with E-state index in [9.17, 15) is 9.59 Å². The minimum atomic E-state index is -0.441. The van der Waals surface area contributed by atoms with E-state index < -0.39 is 5.91 Å². The van der Waals surface area contributed by atoms with Gasteiger partial charge in [0, 0.05) is 18.0 Å². The highest BCUT2D eigenvalue weighted by atomic mass is 16.5. The quantitative estimate of drug-likeness (QED) is 0.726. The molecule has 0 aliphatic rings. The van der Waals surface area contributed by atoms with Gasteiger partial charge in [0.1, 0.15) is 11.4 Å². The van der Waals surface area contributed by atoms with E-state index in [0.717, 1.165) is 0 Å². The van der Waals surface area contributed by atoms with Crippen molar-refractivity contribution in [1.82, 2.24) is 9.97 Å². The first-order valence-corrected chi connectivity index (χ1v) is 8.21. The lowest BCUT2D eigenvalue weighted by Gasteiger charge is -2.12. The molecule has 0 aliphatic carbocycles. The van der Waals surface area contributed by atoms with Crippen molar-refractivity contribution < 1.29 is 14.3 Å². The van der Waals surface area contributed by atoms with Crippen LogP contribution in [0.3, 0.4) is 0 Å². The van der Waals surface area contributed by atoms with Gasteiger partial charge < -0.3 is 15.4 Å². The van der Waals surface area contributed by atoms with E-state index in [0.29, 0.717) is 28.4 Å². The first-order chi connectivity index (χ1) is 13.1. The molecule has 0 radical (unpaired) electrons. The smallest absolute Gasteiger partial charge is 0.275 e. The molecule has 2 aromatic carbocycles. The highest BCUT2D eigenvalue weighted by Crippen LogP contribution is 2.20. The lowest BCUT2D eigenvalue weighted by Crippen LogP contribution is -2.19. The second-order valence-corrected chi connectivity index (χ2v) is 5.73. The summed E-state index contributed by atoms with van der Waals surface area (Å²) >= 11 is 0. The van der Waals surface area contributed by atoms with Crippen molar-refractivity contribution in [2.75, 3.05) is 17.7 Å². The highest BCUT2D eigenvalue weighted by molar-refractivity contribution is 6.12. The minimum absolute atomic E-state index is 0.170. The number of carbonyl (C=O) groups is 2. The normalized spacial score (nSPS) is 10.1. The Balaban J connectivity index is 1.79. The number of ether oxygens (including phenoxy) is 1. The third-order valence-electron chi connectivity index (χ3n) is 3.76. The van der Waals surface area contributed by atoms with Crippen LogP contribution < -0.4 is 15.4 Å². The molecule has 0 unspecified atom stereocenters. The van der Waals surface area contributed by atoms with Gasteiger partial charge in [-0.1, -0.05) is 18.2 Å². The minimum Gasteiger partial charge on any atom is -0.497 e. The number of carbonyl (C=O) groups excluding carboxylic acids is 2. The van der Waals surface area contributed by atoms with Crippen molar-refractivity contribution in [2.45, 2.75) is 6.92 Å². The molecule has 1 aromatic heterocycles. The third kappa shape index (κ3) is 4.46. The van der Waals surface area contributed by atoms with E-state index in [1.54, 1.807) is 62.6 Å². The number of methoxy groups -OCH3 is 1. The molecule has 0 atom stereocenters. The number of benzene rings is 2. The van der Waals surface area contributed by atoms with E-state index in [-0.39, 0.29) is 11.6 Å². The van der Waals surface area contributed by atoms with Gasteiger partial charge in [-0.25, -0.2) is 4.98 Å². The number of aryl methyl sites for hydroxylation is 1. The molecule has 27 heavy (non-hydrogen) atoms. The van der Waals surface area contributed by atoms with Crippen LogP contribution in [0.5, 0.6) is 5.75 Å². The first-order valence-electron chi connectivity index (χ1n) is 8.21. The summed E-state index contributed by atoms with van der Waals surface area (Å²) in [6.07, 6.45) is 2.90. The van der Waals surface area contributed by atoms with Crippen molar-refractivity contribution in [2.24, 2.45) is 0 Å². The number of amides is 2. The van der Waals surface area contributed by atoms with Crippen LogP contribution in [0.2, 0.25) is 0 Å². The van der Waals surface area contributed by atoms with Gasteiger partial charge in [-0.15, -0.1) is 0 Å². The molecule has 0 saturated carbocycles. The van der Waals surface area contributed by atoms with Crippen LogP contribution in [0.15, 0.2) is 60.9 Å². The predicted octanol–water partition coefficient (Wildman–Crippen LogP) is 3.30. The standard InChI is InChI=1S/C20H18N4O3/c1-13-11-22-18(12-21-13)20(26)24-17-9-4-3-8-16(17)19(25)23-14-6-5-7-15(10-14)27-2/h3-12H,1-2H3,(H,23,25)(H,24,26). The van der Waals surface area contributed by atoms with E-state index >= 15 is 0 Å². The first kappa shape index (κ1) is 18.1. The van der Waals surface area contributed by atoms with E-state index in [4.69, 9.17) is 4.74 Å². The SMILES string of the molecule is COc1cccc(NC(=O)c2ccccc2NC(=O)c2cnc(C)cn2)c1. The van der Waals surface area contributed by atoms with Gasteiger partial charge in [0.05, 0.1) is 30.3 Å². The van der Waals surface area contributed by atoms with Gasteiger partial charge in [-0.3, -0.25) is 14.6 Å². The summed E-state index contributed by atoms with van der Waals surface area (Å²) in [7, 11) is 1.56. The van der Waals surface area contributed by atoms with Crippen LogP contribution in [0.25, 0.3) is 0 Å². The Kier molecular flexibility index (Phi) is 5.41. The fraction of sp³-hybridized carbons (Fsp3) is 0.100. The number of para-hydroxylation sites is 1. The van der Waals surface area contributed by atoms with E-state index in [2.05, 4.69) is 20.6 Å². The number of hydrogen-bond acceptors (Lipinski definition) is 5. The Morgan fingerprint density at radius 3 is 2.48 bits per heavy atom. The van der Waals surface area contributed by atoms with Gasteiger partial charge in [-0.2, -0.15) is 0 Å². The van der Waals surface area contributed by atoms with Crippen LogP contribution >= 0.6 is 0 Å². The molecular formula is C20H18N4O3. The Morgan fingerprint density at radius 1 is 0.926 bits per heavy atom. The zero-order chi connectivity index (χ0) is 19.2. The summed E-state index contributed by atoms with van der Waals surface area (Å²) in [6.45, 7) is 1.78. The summed E-state index contributed by atoms with van der Waals surface area (Å²) in [5.74, 6) is -0.161. The van der Waals surface area contributed by atoms with Crippen LogP contribution in [-0.2, 0) is 0 Å². The largest absolute Gasteiger partial charge is 0.497 e. The topological polar surface area (TPSA) is 93.2 Å². The maximum absolute atomic E-state index is 12.7. The van der Waals surface area contributed by atoms with Crippen LogP contribution in [0, 0.1) is 6.92 Å². The Bertz CT molecular complexity index is 971. The number of rotatable bonds is 5. The molecular weight excluding hydrogens is 344 g/mol. The van der Waals surface area contributed by atoms with Crippen molar-refractivity contribution in [1.29, 1.82) is 0 Å². The number of anilines is 2. The van der Waals surface area contributed by atoms with Crippen molar-refractivity contribution in [3.63, 3.8) is 0 Å². The van der Waals surface area contributed by atoms with Gasteiger partial charge in [0.15, 0.2) is 0 Å². The van der Waals surface area contributed by atoms with Gasteiger partial charge >= 0.3 is 0 Å². The molecule has 0 bridgehead atoms. The Hall–Kier alpha value is -3.74. The fourth-order valence-corrected chi connectivity index (χ4v) is 2.39. The molecule has 3 rings (SSSR count). The monoisotopic (exact) mass is 362 g/mol. The second-order valence-electron chi connectivity index (χ2n) is 5.73. The number of nitrogens with one attached hydrogen (secondary N) is 2. The molecule has 0 spiro atoms. The molecule has 1 heterocycles. The molecule has 2 N–H and O–H groups in total. The maximum Gasteiger partial charge on any atom is 0.275 e. The van der Waals surface area contributed by atoms with E-state index in [1.165, 1.54) is 12.4 Å². The lowest BCUT2D eigenvalue weighted by molar-refractivity contribution is 0.102. The summed E-state index contributed by atoms with van der Waals surface area (Å²) in [6, 6.07) is 13.8. The zero-order valence-corrected chi connectivity index (χ0v) is 14.9. The summed E-state index contributed by atoms with van der Waals surface area (Å²) < 4.78 is 5.15. The lowest BCUT2D eigenvalue weighted by atomic mass is 10.1. The fourth-order valence-electron chi connectivity index (χ4n) is 2.39. The van der Waals surface area contributed by atoms with Gasteiger partial charge in [-0.05, 0) is 31.2 Å². The van der Waals surface area contributed by atoms with Crippen LogP contribution in [-0.4, -0.2) is 28.9 Å². The zero-order valence-electron chi connectivity index (χ0n) is 14.9. The van der Waals surface area contributed by atoms with Gasteiger partial charge in [0.2, 0.25) is 0 Å². The molecule has 2 amide bonds. The maximum atomic E-state index is 12.7. The molecule has 3 aromatic rings. The summed E-state index contributed by atoms with van der Waals surface area (Å²) in [4.78, 5) is 33.1. The highest BCUT2D eigenvalue weighted by Gasteiger charge is 2.15. The number of nitrogens with zero attached hydrogens (tertiary/aromatic N) is 2. The van der Waals surface area contributed by atoms with Crippen molar-refractivity contribution in [3.8, 4) is 5.75 Å². The Labute approximate surface area is 156 Å². The second kappa shape index (κ2) is 8.09. The number of aromatic nitrogens is 2. The predicted molar refractivity (Wildman–Crippen MR) is 102 cm³/mol. The summed E-state index contributed by atoms with van der Waals surface area (Å²) in [5, 5.41) is 5.50. The number of hydrogen-bond donors (Lipinski definition) is 2. The molecule has 7 nitrogen and oxygen atoms in total. The van der Waals surface area contributed by atoms with Crippen molar-refractivity contribution in [3.05, 3.63) is 77.9 Å². The van der Waals surface area contributed by atoms with Crippen molar-refractivity contribution >= 4 is 23.2 Å². The van der Waals surface area contributed by atoms with E-state index in [1.807, 2.05) is 0 Å². The molecule has 0 saturated heterocycles. The average molecular weight is 362 g/mol. The van der Waals surface area contributed by atoms with Gasteiger partial charge in [0.25, 0.3) is 11.8 Å². The average Bonchev–Trinajstić information content (AvgIpc) is 2.69. The third-order valence-corrected chi connectivity index (χ3v) is 3.76. The molecule has 7 heteroatoms. The Morgan fingerprint density at radius 2 is 1.74 bits per heavy atom.